The highest BCUT2D eigenvalue weighted by Gasteiger charge is 2.46. The van der Waals surface area contributed by atoms with Crippen LogP contribution in [0.2, 0.25) is 0 Å². The number of piperidine rings is 1. The number of anilines is 1. The topological polar surface area (TPSA) is 85.8 Å². The Morgan fingerprint density at radius 2 is 1.91 bits per heavy atom. The number of hydrogen-bond donors (Lipinski definition) is 1. The van der Waals surface area contributed by atoms with Crippen LogP contribution in [-0.4, -0.2) is 37.8 Å². The van der Waals surface area contributed by atoms with Crippen LogP contribution in [0.25, 0.3) is 20.9 Å². The Balaban J connectivity index is 1.25. The van der Waals surface area contributed by atoms with Crippen molar-refractivity contribution < 1.29 is 0 Å². The predicted octanol–water partition coefficient (Wildman–Crippen LogP) is 3.95. The van der Waals surface area contributed by atoms with Crippen LogP contribution in [0, 0.1) is 19.3 Å². The normalized spacial score (nSPS) is 19.8. The number of rotatable bonds is 2. The zero-order valence-electron chi connectivity index (χ0n) is 18.7. The summed E-state index contributed by atoms with van der Waals surface area (Å²) in [6.45, 7) is 5.95. The van der Waals surface area contributed by atoms with E-state index in [0.29, 0.717) is 0 Å². The molecule has 0 amide bonds. The zero-order valence-corrected chi connectivity index (χ0v) is 19.5. The predicted molar refractivity (Wildman–Crippen MR) is 128 cm³/mol. The van der Waals surface area contributed by atoms with Crippen LogP contribution in [0.1, 0.15) is 41.4 Å². The standard InChI is InChI=1S/C24H27N7S/c1-14-19(15(2)30(3)29-14)22-27-21-18(32-22)13-26-23(28-21)31-10-8-24(9-11-31)12-16-6-4-5-7-17(16)20(24)25/h4-7,13,20H,8-12,25H2,1-3H3/t20-/m1/s1. The molecule has 1 aliphatic carbocycles. The van der Waals surface area contributed by atoms with E-state index in [-0.39, 0.29) is 11.5 Å². The maximum Gasteiger partial charge on any atom is 0.227 e. The van der Waals surface area contributed by atoms with Crippen molar-refractivity contribution in [3.8, 4) is 10.6 Å². The molecule has 4 aromatic rings. The van der Waals surface area contributed by atoms with Gasteiger partial charge in [0.25, 0.3) is 0 Å². The van der Waals surface area contributed by atoms with Crippen LogP contribution < -0.4 is 10.6 Å². The summed E-state index contributed by atoms with van der Waals surface area (Å²) in [5.74, 6) is 0.771. The van der Waals surface area contributed by atoms with Gasteiger partial charge in [-0.3, -0.25) is 4.68 Å². The zero-order chi connectivity index (χ0) is 22.0. The van der Waals surface area contributed by atoms with Crippen molar-refractivity contribution in [3.05, 3.63) is 53.0 Å². The van der Waals surface area contributed by atoms with Crippen LogP contribution in [0.15, 0.2) is 30.5 Å². The molecule has 2 aliphatic rings. The second kappa shape index (κ2) is 7.08. The molecule has 1 aliphatic heterocycles. The lowest BCUT2D eigenvalue weighted by Gasteiger charge is -2.42. The molecular weight excluding hydrogens is 418 g/mol. The number of benzene rings is 1. The number of fused-ring (bicyclic) bond motifs is 2. The monoisotopic (exact) mass is 445 g/mol. The molecule has 0 unspecified atom stereocenters. The van der Waals surface area contributed by atoms with Gasteiger partial charge in [0.15, 0.2) is 5.65 Å². The number of hydrogen-bond acceptors (Lipinski definition) is 7. The van der Waals surface area contributed by atoms with Crippen molar-refractivity contribution in [2.75, 3.05) is 18.0 Å². The highest BCUT2D eigenvalue weighted by Crippen LogP contribution is 2.50. The Labute approximate surface area is 191 Å². The van der Waals surface area contributed by atoms with Gasteiger partial charge in [0.05, 0.1) is 22.2 Å². The van der Waals surface area contributed by atoms with Gasteiger partial charge in [-0.25, -0.2) is 9.97 Å². The largest absolute Gasteiger partial charge is 0.341 e. The lowest BCUT2D eigenvalue weighted by Crippen LogP contribution is -2.44. The van der Waals surface area contributed by atoms with Gasteiger partial charge in [-0.15, -0.1) is 11.3 Å². The van der Waals surface area contributed by atoms with Gasteiger partial charge >= 0.3 is 0 Å². The van der Waals surface area contributed by atoms with Gasteiger partial charge in [-0.2, -0.15) is 10.1 Å². The Kier molecular flexibility index (Phi) is 4.39. The van der Waals surface area contributed by atoms with Crippen LogP contribution >= 0.6 is 11.3 Å². The van der Waals surface area contributed by atoms with E-state index in [0.717, 1.165) is 70.6 Å². The number of nitrogens with zero attached hydrogens (tertiary/aromatic N) is 6. The van der Waals surface area contributed by atoms with Crippen molar-refractivity contribution in [2.45, 2.75) is 39.2 Å². The van der Waals surface area contributed by atoms with Gasteiger partial charge in [0, 0.05) is 31.9 Å². The smallest absolute Gasteiger partial charge is 0.227 e. The van der Waals surface area contributed by atoms with Crippen molar-refractivity contribution in [1.82, 2.24) is 24.7 Å². The average Bonchev–Trinajstić information content (AvgIpc) is 3.41. The van der Waals surface area contributed by atoms with Crippen LogP contribution in [0.5, 0.6) is 0 Å². The van der Waals surface area contributed by atoms with E-state index in [1.54, 1.807) is 11.3 Å². The number of thiazole rings is 1. The number of aromatic nitrogens is 5. The molecule has 7 nitrogen and oxygen atoms in total. The van der Waals surface area contributed by atoms with E-state index in [1.807, 2.05) is 24.9 Å². The SMILES string of the molecule is Cc1nn(C)c(C)c1-c1nc2nc(N3CCC4(CC3)Cc3ccccc3[C@H]4N)ncc2s1. The maximum atomic E-state index is 6.73. The molecule has 1 saturated heterocycles. The Hall–Kier alpha value is -2.84. The number of aryl methyl sites for hydroxylation is 2. The molecule has 164 valence electrons. The van der Waals surface area contributed by atoms with Crippen molar-refractivity contribution >= 4 is 27.6 Å². The van der Waals surface area contributed by atoms with Crippen LogP contribution in [0.4, 0.5) is 5.95 Å². The molecule has 1 fully saturated rings. The van der Waals surface area contributed by atoms with E-state index < -0.39 is 0 Å². The van der Waals surface area contributed by atoms with Gasteiger partial charge < -0.3 is 10.6 Å². The molecule has 1 aromatic carbocycles. The summed E-state index contributed by atoms with van der Waals surface area (Å²) in [5, 5.41) is 5.49. The fraction of sp³-hybridized carbons (Fsp3) is 0.417. The van der Waals surface area contributed by atoms with Gasteiger partial charge in [0.2, 0.25) is 5.95 Å². The molecule has 1 atom stereocenters. The molecule has 3 aromatic heterocycles. The fourth-order valence-electron chi connectivity index (χ4n) is 5.53. The summed E-state index contributed by atoms with van der Waals surface area (Å²) in [6.07, 6.45) is 5.11. The first kappa shape index (κ1) is 19.8. The Morgan fingerprint density at radius 1 is 1.12 bits per heavy atom. The molecule has 1 spiro atoms. The second-order valence-corrected chi connectivity index (χ2v) is 10.3. The van der Waals surface area contributed by atoms with E-state index in [2.05, 4.69) is 41.2 Å². The van der Waals surface area contributed by atoms with Gasteiger partial charge in [-0.1, -0.05) is 24.3 Å². The molecule has 0 saturated carbocycles. The quantitative estimate of drug-likeness (QED) is 0.503. The summed E-state index contributed by atoms with van der Waals surface area (Å²) in [6, 6.07) is 8.78. The molecule has 32 heavy (non-hydrogen) atoms. The third-order valence-corrected chi connectivity index (χ3v) is 8.49. The lowest BCUT2D eigenvalue weighted by atomic mass is 9.73. The molecule has 8 heteroatoms. The fourth-order valence-corrected chi connectivity index (χ4v) is 6.55. The highest BCUT2D eigenvalue weighted by molar-refractivity contribution is 7.21. The molecule has 2 N–H and O–H groups in total. The minimum atomic E-state index is 0.122. The first-order valence-corrected chi connectivity index (χ1v) is 12.0. The van der Waals surface area contributed by atoms with E-state index in [4.69, 9.17) is 20.7 Å². The molecule has 6 rings (SSSR count). The molecule has 0 radical (unpaired) electrons. The Bertz CT molecular complexity index is 1330. The third-order valence-electron chi connectivity index (χ3n) is 7.49. The lowest BCUT2D eigenvalue weighted by molar-refractivity contribution is 0.187. The van der Waals surface area contributed by atoms with Gasteiger partial charge in [-0.05, 0) is 49.7 Å². The number of nitrogens with two attached hydrogens (primary N) is 1. The summed E-state index contributed by atoms with van der Waals surface area (Å²) in [5.41, 5.74) is 13.6. The minimum Gasteiger partial charge on any atom is -0.341 e. The summed E-state index contributed by atoms with van der Waals surface area (Å²) >= 11 is 1.63. The van der Waals surface area contributed by atoms with Gasteiger partial charge in [0.1, 0.15) is 5.01 Å². The van der Waals surface area contributed by atoms with Crippen molar-refractivity contribution in [3.63, 3.8) is 0 Å². The first-order valence-electron chi connectivity index (χ1n) is 11.2. The molecule has 0 bridgehead atoms. The van der Waals surface area contributed by atoms with Crippen molar-refractivity contribution in [1.29, 1.82) is 0 Å². The Morgan fingerprint density at radius 3 is 2.62 bits per heavy atom. The molecule has 4 heterocycles. The highest BCUT2D eigenvalue weighted by atomic mass is 32.1. The second-order valence-electron chi connectivity index (χ2n) is 9.25. The summed E-state index contributed by atoms with van der Waals surface area (Å²) in [4.78, 5) is 16.7. The minimum absolute atomic E-state index is 0.122. The van der Waals surface area contributed by atoms with Crippen molar-refractivity contribution in [2.24, 2.45) is 18.2 Å². The molecular formula is C24H27N7S. The maximum absolute atomic E-state index is 6.73. The van der Waals surface area contributed by atoms with Crippen LogP contribution in [0.3, 0.4) is 0 Å². The van der Waals surface area contributed by atoms with E-state index in [1.165, 1.54) is 11.1 Å². The van der Waals surface area contributed by atoms with E-state index >= 15 is 0 Å². The third kappa shape index (κ3) is 2.89. The van der Waals surface area contributed by atoms with Crippen LogP contribution in [-0.2, 0) is 13.5 Å². The summed E-state index contributed by atoms with van der Waals surface area (Å²) < 4.78 is 2.91. The van der Waals surface area contributed by atoms with E-state index in [9.17, 15) is 0 Å². The summed E-state index contributed by atoms with van der Waals surface area (Å²) in [7, 11) is 1.97. The first-order chi connectivity index (χ1) is 15.4. The average molecular weight is 446 g/mol.